The molecule has 0 aromatic rings. The van der Waals surface area contributed by atoms with Gasteiger partial charge >= 0.3 is 5.97 Å². The van der Waals surface area contributed by atoms with Gasteiger partial charge in [0.1, 0.15) is 0 Å². The minimum Gasteiger partial charge on any atom is -0.465 e. The van der Waals surface area contributed by atoms with E-state index in [2.05, 4.69) is 4.74 Å². The van der Waals surface area contributed by atoms with Crippen molar-refractivity contribution in [1.82, 2.24) is 0 Å². The third kappa shape index (κ3) is 1.44. The van der Waals surface area contributed by atoms with Crippen LogP contribution in [0, 0.1) is 0 Å². The molecule has 0 radical (unpaired) electrons. The van der Waals surface area contributed by atoms with E-state index < -0.39 is 0 Å². The zero-order chi connectivity index (χ0) is 5.11. The Morgan fingerprint density at radius 2 is 2.57 bits per heavy atom. The molecule has 0 saturated carbocycles. The quantitative estimate of drug-likeness (QED) is 0.336. The van der Waals surface area contributed by atoms with E-state index in [0.717, 1.165) is 14.7 Å². The van der Waals surface area contributed by atoms with Gasteiger partial charge in [0.25, 0.3) is 0 Å². The topological polar surface area (TPSA) is 26.3 Å². The van der Waals surface area contributed by atoms with Crippen molar-refractivity contribution in [3.63, 3.8) is 0 Å². The molecule has 0 aliphatic carbocycles. The van der Waals surface area contributed by atoms with Gasteiger partial charge in [-0.15, -0.1) is 8.58 Å². The summed E-state index contributed by atoms with van der Waals surface area (Å²) in [6.45, 7) is 0.650. The molecular formula is C4H7O2P. The summed E-state index contributed by atoms with van der Waals surface area (Å²) in [7, 11) is 0.807. The fraction of sp³-hybridized carbons (Fsp3) is 0.750. The Morgan fingerprint density at radius 1 is 1.71 bits per heavy atom. The number of ether oxygens (including phenoxy) is 1. The lowest BCUT2D eigenvalue weighted by Crippen LogP contribution is -2.14. The van der Waals surface area contributed by atoms with Gasteiger partial charge in [-0.3, -0.25) is 4.79 Å². The predicted octanol–water partition coefficient (Wildman–Crippen LogP) is 0.222. The SMILES string of the molecule is O=C1CPCCO1. The number of cyclic esters (lactones) is 1. The van der Waals surface area contributed by atoms with Gasteiger partial charge < -0.3 is 4.74 Å². The van der Waals surface area contributed by atoms with Crippen LogP contribution in [0.5, 0.6) is 0 Å². The first-order valence-corrected chi connectivity index (χ1v) is 3.67. The van der Waals surface area contributed by atoms with E-state index in [4.69, 9.17) is 0 Å². The number of rotatable bonds is 0. The van der Waals surface area contributed by atoms with Crippen molar-refractivity contribution in [2.24, 2.45) is 0 Å². The second-order valence-corrected chi connectivity index (χ2v) is 2.75. The summed E-state index contributed by atoms with van der Waals surface area (Å²) < 4.78 is 4.65. The summed E-state index contributed by atoms with van der Waals surface area (Å²) in [5, 5.41) is 0. The number of esters is 1. The average Bonchev–Trinajstić information content (AvgIpc) is 1.69. The van der Waals surface area contributed by atoms with Crippen LogP contribution in [0.2, 0.25) is 0 Å². The molecule has 1 unspecified atom stereocenters. The largest absolute Gasteiger partial charge is 0.465 e. The third-order valence-corrected chi connectivity index (χ3v) is 1.91. The van der Waals surface area contributed by atoms with Crippen molar-refractivity contribution < 1.29 is 9.53 Å². The van der Waals surface area contributed by atoms with Gasteiger partial charge in [-0.1, -0.05) is 0 Å². The highest BCUT2D eigenvalue weighted by molar-refractivity contribution is 7.39. The van der Waals surface area contributed by atoms with Gasteiger partial charge in [0, 0.05) is 0 Å². The highest BCUT2D eigenvalue weighted by atomic mass is 31.1. The second-order valence-electron chi connectivity index (χ2n) is 1.40. The summed E-state index contributed by atoms with van der Waals surface area (Å²) in [5.41, 5.74) is 0. The lowest BCUT2D eigenvalue weighted by Gasteiger charge is -2.08. The molecular weight excluding hydrogens is 111 g/mol. The van der Waals surface area contributed by atoms with Crippen LogP contribution in [0.3, 0.4) is 0 Å². The highest BCUT2D eigenvalue weighted by Gasteiger charge is 2.06. The summed E-state index contributed by atoms with van der Waals surface area (Å²) >= 11 is 0. The lowest BCUT2D eigenvalue weighted by molar-refractivity contribution is -0.140. The van der Waals surface area contributed by atoms with Crippen LogP contribution in [0.25, 0.3) is 0 Å². The summed E-state index contributed by atoms with van der Waals surface area (Å²) in [6, 6.07) is 0. The van der Waals surface area contributed by atoms with Gasteiger partial charge in [0.05, 0.1) is 12.8 Å². The smallest absolute Gasteiger partial charge is 0.309 e. The van der Waals surface area contributed by atoms with E-state index in [1.807, 2.05) is 0 Å². The van der Waals surface area contributed by atoms with Crippen LogP contribution in [-0.2, 0) is 9.53 Å². The molecule has 1 atom stereocenters. The Hall–Kier alpha value is -0.100. The van der Waals surface area contributed by atoms with Crippen LogP contribution in [-0.4, -0.2) is 24.9 Å². The van der Waals surface area contributed by atoms with Crippen molar-refractivity contribution in [3.05, 3.63) is 0 Å². The Labute approximate surface area is 44.0 Å². The van der Waals surface area contributed by atoms with E-state index in [-0.39, 0.29) is 5.97 Å². The molecule has 1 fully saturated rings. The predicted molar refractivity (Wildman–Crippen MR) is 29.0 cm³/mol. The number of carbonyl (C=O) groups excluding carboxylic acids is 1. The van der Waals surface area contributed by atoms with Crippen LogP contribution in [0.4, 0.5) is 0 Å². The first-order valence-electron chi connectivity index (χ1n) is 2.26. The Bertz CT molecular complexity index is 73.8. The van der Waals surface area contributed by atoms with Crippen molar-refractivity contribution >= 4 is 14.6 Å². The molecule has 0 aromatic heterocycles. The van der Waals surface area contributed by atoms with Crippen molar-refractivity contribution in [2.75, 3.05) is 18.9 Å². The highest BCUT2D eigenvalue weighted by Crippen LogP contribution is 2.13. The molecule has 1 rings (SSSR count). The molecule has 0 spiro atoms. The molecule has 1 aliphatic rings. The Kier molecular flexibility index (Phi) is 1.64. The van der Waals surface area contributed by atoms with Crippen molar-refractivity contribution in [1.29, 1.82) is 0 Å². The maximum Gasteiger partial charge on any atom is 0.309 e. The van der Waals surface area contributed by atoms with Crippen molar-refractivity contribution in [2.45, 2.75) is 0 Å². The van der Waals surface area contributed by atoms with Crippen LogP contribution in [0.1, 0.15) is 0 Å². The Balaban J connectivity index is 2.25. The molecule has 40 valence electrons. The van der Waals surface area contributed by atoms with Gasteiger partial charge in [0.2, 0.25) is 0 Å². The van der Waals surface area contributed by atoms with Crippen molar-refractivity contribution in [3.8, 4) is 0 Å². The van der Waals surface area contributed by atoms with Crippen LogP contribution >= 0.6 is 8.58 Å². The minimum atomic E-state index is -0.0235. The minimum absolute atomic E-state index is 0.0235. The average molecular weight is 118 g/mol. The van der Waals surface area contributed by atoms with Crippen LogP contribution < -0.4 is 0 Å². The third-order valence-electron chi connectivity index (χ3n) is 0.811. The number of hydrogen-bond acceptors (Lipinski definition) is 2. The van der Waals surface area contributed by atoms with E-state index in [1.165, 1.54) is 0 Å². The molecule has 1 saturated heterocycles. The zero-order valence-corrected chi connectivity index (χ0v) is 4.94. The summed E-state index contributed by atoms with van der Waals surface area (Å²) in [6.07, 6.45) is 1.73. The number of hydrogen-bond donors (Lipinski definition) is 0. The molecule has 1 aliphatic heterocycles. The van der Waals surface area contributed by atoms with E-state index in [0.29, 0.717) is 12.8 Å². The maximum atomic E-state index is 10.2. The van der Waals surface area contributed by atoms with Gasteiger partial charge in [-0.05, 0) is 6.16 Å². The van der Waals surface area contributed by atoms with E-state index >= 15 is 0 Å². The lowest BCUT2D eigenvalue weighted by atomic mass is 10.7. The Morgan fingerprint density at radius 3 is 2.86 bits per heavy atom. The monoisotopic (exact) mass is 118 g/mol. The summed E-state index contributed by atoms with van der Waals surface area (Å²) in [4.78, 5) is 10.2. The standard InChI is InChI=1S/C4H7O2P/c5-4-3-7-2-1-6-4/h7H,1-3H2. The summed E-state index contributed by atoms with van der Waals surface area (Å²) in [5.74, 6) is -0.0235. The number of carbonyl (C=O) groups is 1. The second kappa shape index (κ2) is 2.27. The first-order chi connectivity index (χ1) is 3.39. The molecule has 2 nitrogen and oxygen atoms in total. The van der Waals surface area contributed by atoms with E-state index in [1.54, 1.807) is 0 Å². The van der Waals surface area contributed by atoms with Gasteiger partial charge in [-0.2, -0.15) is 0 Å². The fourth-order valence-electron chi connectivity index (χ4n) is 0.479. The molecule has 7 heavy (non-hydrogen) atoms. The molecule has 0 bridgehead atoms. The molecule has 1 heterocycles. The van der Waals surface area contributed by atoms with Crippen LogP contribution in [0.15, 0.2) is 0 Å². The van der Waals surface area contributed by atoms with E-state index in [9.17, 15) is 4.79 Å². The molecule has 0 aromatic carbocycles. The molecule has 3 heteroatoms. The molecule has 0 N–H and O–H groups in total. The molecule has 0 amide bonds. The first kappa shape index (κ1) is 5.04. The maximum absolute atomic E-state index is 10.2. The zero-order valence-electron chi connectivity index (χ0n) is 3.94. The van der Waals surface area contributed by atoms with Gasteiger partial charge in [0.15, 0.2) is 0 Å². The normalized spacial score (nSPS) is 24.9. The van der Waals surface area contributed by atoms with Gasteiger partial charge in [-0.25, -0.2) is 0 Å². The fourth-order valence-corrected chi connectivity index (χ4v) is 1.21.